The number of aryl methyl sites for hydroxylation is 2. The number of carbonyl (C=O) groups is 1. The van der Waals surface area contributed by atoms with Gasteiger partial charge in [0.05, 0.1) is 12.4 Å². The van der Waals surface area contributed by atoms with Gasteiger partial charge in [-0.1, -0.05) is 18.2 Å². The van der Waals surface area contributed by atoms with Gasteiger partial charge in [-0.2, -0.15) is 0 Å². The van der Waals surface area contributed by atoms with E-state index in [-0.39, 0.29) is 12.4 Å². The lowest BCUT2D eigenvalue weighted by molar-refractivity contribution is -0.139. The molecule has 0 heterocycles. The van der Waals surface area contributed by atoms with Crippen molar-refractivity contribution in [3.8, 4) is 0 Å². The van der Waals surface area contributed by atoms with Gasteiger partial charge in [-0.15, -0.1) is 0 Å². The molecule has 5 nitrogen and oxygen atoms in total. The fraction of sp³-hybridized carbons (Fsp3) is 0.500. The largest absolute Gasteiger partial charge is 0.465 e. The molecule has 0 fully saturated rings. The van der Waals surface area contributed by atoms with Crippen LogP contribution in [0.3, 0.4) is 0 Å². The van der Waals surface area contributed by atoms with Gasteiger partial charge in [-0.3, -0.25) is 4.79 Å². The minimum atomic E-state index is -3.57. The number of hydrogen-bond acceptors (Lipinski definition) is 5. The van der Waals surface area contributed by atoms with Crippen LogP contribution in [-0.4, -0.2) is 32.5 Å². The van der Waals surface area contributed by atoms with Gasteiger partial charge in [-0.05, 0) is 37.5 Å². The SMILES string of the molecule is CCOC(=O)CS(=O)(=O)CC(N)c1ccc(C)c(C)c1. The third kappa shape index (κ3) is 4.94. The van der Waals surface area contributed by atoms with Crippen LogP contribution in [0.15, 0.2) is 18.2 Å². The molecule has 1 unspecified atom stereocenters. The van der Waals surface area contributed by atoms with Crippen molar-refractivity contribution in [1.82, 2.24) is 0 Å². The van der Waals surface area contributed by atoms with Crippen LogP contribution in [0.1, 0.15) is 29.7 Å². The molecule has 2 N–H and O–H groups in total. The maximum atomic E-state index is 11.9. The molecule has 0 radical (unpaired) electrons. The smallest absolute Gasteiger partial charge is 0.321 e. The molecule has 1 atom stereocenters. The lowest BCUT2D eigenvalue weighted by Crippen LogP contribution is -2.27. The van der Waals surface area contributed by atoms with Crippen molar-refractivity contribution in [2.24, 2.45) is 5.73 Å². The van der Waals surface area contributed by atoms with E-state index >= 15 is 0 Å². The molecule has 0 spiro atoms. The maximum absolute atomic E-state index is 11.9. The predicted octanol–water partition coefficient (Wildman–Crippen LogP) is 1.28. The Balaban J connectivity index is 2.76. The highest BCUT2D eigenvalue weighted by Gasteiger charge is 2.22. The van der Waals surface area contributed by atoms with Crippen molar-refractivity contribution in [1.29, 1.82) is 0 Å². The van der Waals surface area contributed by atoms with Gasteiger partial charge >= 0.3 is 5.97 Å². The van der Waals surface area contributed by atoms with Crippen LogP contribution in [0.2, 0.25) is 0 Å². The lowest BCUT2D eigenvalue weighted by atomic mass is 10.0. The van der Waals surface area contributed by atoms with E-state index in [1.807, 2.05) is 32.0 Å². The van der Waals surface area contributed by atoms with E-state index in [1.54, 1.807) is 6.92 Å². The Kier molecular flexibility index (Phi) is 5.71. The Bertz CT molecular complexity index is 581. The number of hydrogen-bond donors (Lipinski definition) is 1. The summed E-state index contributed by atoms with van der Waals surface area (Å²) in [6, 6.07) is 4.95. The second kappa shape index (κ2) is 6.85. The normalized spacial score (nSPS) is 13.0. The van der Waals surface area contributed by atoms with Gasteiger partial charge in [0.25, 0.3) is 0 Å². The molecule has 0 aliphatic heterocycles. The summed E-state index contributed by atoms with van der Waals surface area (Å²) in [5.74, 6) is -1.63. The van der Waals surface area contributed by atoms with E-state index in [4.69, 9.17) is 5.73 Å². The van der Waals surface area contributed by atoms with Crippen LogP contribution >= 0.6 is 0 Å². The molecule has 6 heteroatoms. The predicted molar refractivity (Wildman–Crippen MR) is 78.1 cm³/mol. The summed E-state index contributed by atoms with van der Waals surface area (Å²) in [6.45, 7) is 5.71. The summed E-state index contributed by atoms with van der Waals surface area (Å²) in [7, 11) is -3.57. The van der Waals surface area contributed by atoms with Crippen molar-refractivity contribution in [2.75, 3.05) is 18.1 Å². The molecule has 0 amide bonds. The van der Waals surface area contributed by atoms with E-state index in [2.05, 4.69) is 4.74 Å². The van der Waals surface area contributed by atoms with Crippen LogP contribution in [-0.2, 0) is 19.4 Å². The molecule has 0 saturated carbocycles. The highest BCUT2D eigenvalue weighted by Crippen LogP contribution is 2.17. The number of esters is 1. The Hall–Kier alpha value is -1.40. The molecule has 0 aliphatic rings. The van der Waals surface area contributed by atoms with Crippen molar-refractivity contribution >= 4 is 15.8 Å². The van der Waals surface area contributed by atoms with Crippen molar-refractivity contribution < 1.29 is 17.9 Å². The quantitative estimate of drug-likeness (QED) is 0.800. The molecule has 0 bridgehead atoms. The average Bonchev–Trinajstić information content (AvgIpc) is 2.31. The summed E-state index contributed by atoms with van der Waals surface area (Å²) < 4.78 is 28.4. The van der Waals surface area contributed by atoms with Gasteiger partial charge in [0, 0.05) is 6.04 Å². The first-order valence-corrected chi connectivity index (χ1v) is 8.26. The van der Waals surface area contributed by atoms with Crippen LogP contribution in [0, 0.1) is 13.8 Å². The van der Waals surface area contributed by atoms with E-state index in [0.717, 1.165) is 16.7 Å². The Labute approximate surface area is 120 Å². The minimum absolute atomic E-state index is 0.164. The third-order valence-corrected chi connectivity index (χ3v) is 4.58. The van der Waals surface area contributed by atoms with Gasteiger partial charge in [0.15, 0.2) is 9.84 Å². The number of benzene rings is 1. The Morgan fingerprint density at radius 3 is 2.50 bits per heavy atom. The van der Waals surface area contributed by atoms with Crippen molar-refractivity contribution in [3.63, 3.8) is 0 Å². The zero-order chi connectivity index (χ0) is 15.3. The van der Waals surface area contributed by atoms with Gasteiger partial charge < -0.3 is 10.5 Å². The number of carbonyl (C=O) groups excluding carboxylic acids is 1. The molecular formula is C14H21NO4S. The molecule has 1 rings (SSSR count). The van der Waals surface area contributed by atoms with E-state index in [9.17, 15) is 13.2 Å². The Morgan fingerprint density at radius 2 is 1.95 bits per heavy atom. The second-order valence-electron chi connectivity index (χ2n) is 4.81. The summed E-state index contributed by atoms with van der Waals surface area (Å²) in [4.78, 5) is 11.2. The molecule has 1 aromatic carbocycles. The molecule has 0 aliphatic carbocycles. The lowest BCUT2D eigenvalue weighted by Gasteiger charge is -2.14. The minimum Gasteiger partial charge on any atom is -0.465 e. The number of sulfone groups is 1. The van der Waals surface area contributed by atoms with Crippen LogP contribution in [0.25, 0.3) is 0 Å². The summed E-state index contributed by atoms with van der Waals surface area (Å²) in [5, 5.41) is 0. The average molecular weight is 299 g/mol. The third-order valence-electron chi connectivity index (χ3n) is 3.04. The number of rotatable bonds is 6. The summed E-state index contributed by atoms with van der Waals surface area (Å²) in [6.07, 6.45) is 0. The number of ether oxygens (including phenoxy) is 1. The van der Waals surface area contributed by atoms with Crippen LogP contribution in [0.4, 0.5) is 0 Å². The molecule has 1 aromatic rings. The topological polar surface area (TPSA) is 86.5 Å². The fourth-order valence-corrected chi connectivity index (χ4v) is 3.11. The van der Waals surface area contributed by atoms with Gasteiger partial charge in [-0.25, -0.2) is 8.42 Å². The number of nitrogens with two attached hydrogens (primary N) is 1. The molecule has 112 valence electrons. The van der Waals surface area contributed by atoms with Crippen molar-refractivity contribution in [2.45, 2.75) is 26.8 Å². The molecule has 20 heavy (non-hydrogen) atoms. The van der Waals surface area contributed by atoms with Gasteiger partial charge in [0.1, 0.15) is 5.75 Å². The fourth-order valence-electron chi connectivity index (χ4n) is 1.81. The van der Waals surface area contributed by atoms with Gasteiger partial charge in [0.2, 0.25) is 0 Å². The first-order chi connectivity index (χ1) is 9.25. The standard InChI is InChI=1S/C14H21NO4S/c1-4-19-14(16)9-20(17,18)8-13(15)12-6-5-10(2)11(3)7-12/h5-7,13H,4,8-9,15H2,1-3H3. The van der Waals surface area contributed by atoms with Crippen molar-refractivity contribution in [3.05, 3.63) is 34.9 Å². The maximum Gasteiger partial charge on any atom is 0.321 e. The second-order valence-corrected chi connectivity index (χ2v) is 6.92. The Morgan fingerprint density at radius 1 is 1.30 bits per heavy atom. The highest BCUT2D eigenvalue weighted by molar-refractivity contribution is 7.92. The molecular weight excluding hydrogens is 278 g/mol. The van der Waals surface area contributed by atoms with Crippen LogP contribution in [0.5, 0.6) is 0 Å². The molecule has 0 saturated heterocycles. The van der Waals surface area contributed by atoms with Crippen LogP contribution < -0.4 is 5.73 Å². The van der Waals surface area contributed by atoms with E-state index in [0.29, 0.717) is 0 Å². The van der Waals surface area contributed by atoms with E-state index < -0.39 is 27.6 Å². The zero-order valence-electron chi connectivity index (χ0n) is 12.0. The monoisotopic (exact) mass is 299 g/mol. The molecule has 0 aromatic heterocycles. The first-order valence-electron chi connectivity index (χ1n) is 6.44. The zero-order valence-corrected chi connectivity index (χ0v) is 12.9. The first kappa shape index (κ1) is 16.7. The summed E-state index contributed by atoms with van der Waals surface area (Å²) >= 11 is 0. The highest BCUT2D eigenvalue weighted by atomic mass is 32.2. The van der Waals surface area contributed by atoms with E-state index in [1.165, 1.54) is 0 Å². The summed E-state index contributed by atoms with van der Waals surface area (Å²) in [5.41, 5.74) is 8.85.